The summed E-state index contributed by atoms with van der Waals surface area (Å²) in [4.78, 5) is 20.5. The van der Waals surface area contributed by atoms with Gasteiger partial charge in [-0.3, -0.25) is 4.90 Å². The van der Waals surface area contributed by atoms with E-state index in [0.29, 0.717) is 6.04 Å². The van der Waals surface area contributed by atoms with Gasteiger partial charge in [0, 0.05) is 24.4 Å². The summed E-state index contributed by atoms with van der Waals surface area (Å²) in [5.41, 5.74) is 1.83. The number of aromatic nitrogens is 1. The molecule has 0 unspecified atom stereocenters. The van der Waals surface area contributed by atoms with Gasteiger partial charge in [0.2, 0.25) is 0 Å². The molecular formula is C19H17N3O. The monoisotopic (exact) mass is 303 g/mol. The van der Waals surface area contributed by atoms with Gasteiger partial charge >= 0.3 is 6.03 Å². The highest BCUT2D eigenvalue weighted by Crippen LogP contribution is 2.38. The molecule has 1 saturated heterocycles. The average molecular weight is 303 g/mol. The molecule has 4 rings (SSSR count). The zero-order valence-corrected chi connectivity index (χ0v) is 12.9. The molecule has 1 saturated carbocycles. The molecule has 4 nitrogen and oxygen atoms in total. The van der Waals surface area contributed by atoms with Gasteiger partial charge in [-0.1, -0.05) is 30.0 Å². The van der Waals surface area contributed by atoms with Crippen LogP contribution in [0.4, 0.5) is 10.6 Å². The minimum Gasteiger partial charge on any atom is -0.322 e. The van der Waals surface area contributed by atoms with Crippen LogP contribution in [-0.2, 0) is 0 Å². The van der Waals surface area contributed by atoms with Crippen LogP contribution < -0.4 is 4.90 Å². The Morgan fingerprint density at radius 1 is 1.00 bits per heavy atom. The normalized spacial score (nSPS) is 22.2. The number of benzene rings is 1. The lowest BCUT2D eigenvalue weighted by molar-refractivity contribution is 0.196. The van der Waals surface area contributed by atoms with E-state index < -0.39 is 0 Å². The summed E-state index contributed by atoms with van der Waals surface area (Å²) >= 11 is 0. The molecule has 2 aliphatic rings. The smallest absolute Gasteiger partial charge is 0.322 e. The predicted molar refractivity (Wildman–Crippen MR) is 89.1 cm³/mol. The molecule has 114 valence electrons. The molecule has 2 fully saturated rings. The van der Waals surface area contributed by atoms with Crippen molar-refractivity contribution in [2.75, 3.05) is 11.9 Å². The zero-order valence-electron chi connectivity index (χ0n) is 12.9. The quantitative estimate of drug-likeness (QED) is 0.760. The van der Waals surface area contributed by atoms with Gasteiger partial charge in [0.25, 0.3) is 0 Å². The van der Waals surface area contributed by atoms with Crippen molar-refractivity contribution in [1.82, 2.24) is 9.88 Å². The zero-order chi connectivity index (χ0) is 15.8. The van der Waals surface area contributed by atoms with E-state index in [1.165, 1.54) is 0 Å². The van der Waals surface area contributed by atoms with Crippen molar-refractivity contribution in [3.63, 3.8) is 0 Å². The van der Waals surface area contributed by atoms with Gasteiger partial charge in [-0.15, -0.1) is 0 Å². The highest BCUT2D eigenvalue weighted by atomic mass is 16.2. The lowest BCUT2D eigenvalue weighted by Gasteiger charge is -2.35. The first-order chi connectivity index (χ1) is 11.2. The third-order valence-corrected chi connectivity index (χ3v) is 4.66. The molecule has 4 heteroatoms. The van der Waals surface area contributed by atoms with Gasteiger partial charge in [0.05, 0.1) is 12.1 Å². The fourth-order valence-corrected chi connectivity index (χ4v) is 3.21. The van der Waals surface area contributed by atoms with Gasteiger partial charge in [-0.2, -0.15) is 0 Å². The van der Waals surface area contributed by atoms with E-state index in [9.17, 15) is 4.79 Å². The molecule has 2 amide bonds. The Bertz CT molecular complexity index is 789. The molecule has 1 aromatic heterocycles. The second kappa shape index (κ2) is 5.44. The van der Waals surface area contributed by atoms with Crippen LogP contribution in [0.3, 0.4) is 0 Å². The van der Waals surface area contributed by atoms with E-state index in [4.69, 9.17) is 0 Å². The summed E-state index contributed by atoms with van der Waals surface area (Å²) < 4.78 is 0. The molecular weight excluding hydrogens is 286 g/mol. The van der Waals surface area contributed by atoms with E-state index in [-0.39, 0.29) is 12.1 Å². The predicted octanol–water partition coefficient (Wildman–Crippen LogP) is 2.88. The third-order valence-electron chi connectivity index (χ3n) is 4.66. The Morgan fingerprint density at radius 2 is 1.74 bits per heavy atom. The number of likely N-dealkylation sites (N-methyl/N-ethyl adjacent to an activating group) is 1. The number of urea groups is 1. The SMILES string of the molecule is CN1C(=O)N(c2ccc(C#Cc3ccccc3)cn2)[C@@H]2CC[C@@H]21. The summed E-state index contributed by atoms with van der Waals surface area (Å²) in [5, 5.41) is 0. The van der Waals surface area contributed by atoms with Crippen molar-refractivity contribution in [2.24, 2.45) is 0 Å². The fourth-order valence-electron chi connectivity index (χ4n) is 3.21. The molecule has 1 aromatic carbocycles. The molecule has 0 bridgehead atoms. The number of pyridine rings is 1. The Balaban J connectivity index is 1.55. The van der Waals surface area contributed by atoms with Crippen LogP contribution in [0.15, 0.2) is 48.7 Å². The Hall–Kier alpha value is -2.80. The summed E-state index contributed by atoms with van der Waals surface area (Å²) in [6.07, 6.45) is 3.88. The molecule has 0 N–H and O–H groups in total. The van der Waals surface area contributed by atoms with E-state index in [2.05, 4.69) is 16.8 Å². The minimum atomic E-state index is 0.0492. The van der Waals surface area contributed by atoms with E-state index >= 15 is 0 Å². The summed E-state index contributed by atoms with van der Waals surface area (Å²) in [7, 11) is 1.87. The van der Waals surface area contributed by atoms with Crippen molar-refractivity contribution in [3.8, 4) is 11.8 Å². The van der Waals surface area contributed by atoms with Gasteiger partial charge in [-0.25, -0.2) is 9.78 Å². The van der Waals surface area contributed by atoms with Crippen molar-refractivity contribution in [2.45, 2.75) is 24.9 Å². The maximum Gasteiger partial charge on any atom is 0.326 e. The average Bonchev–Trinajstić information content (AvgIpc) is 2.73. The van der Waals surface area contributed by atoms with Crippen molar-refractivity contribution >= 4 is 11.8 Å². The third kappa shape index (κ3) is 2.35. The Morgan fingerprint density at radius 3 is 2.35 bits per heavy atom. The van der Waals surface area contributed by atoms with Crippen LogP contribution in [-0.4, -0.2) is 35.0 Å². The van der Waals surface area contributed by atoms with Crippen molar-refractivity contribution in [1.29, 1.82) is 0 Å². The first-order valence-corrected chi connectivity index (χ1v) is 7.83. The van der Waals surface area contributed by atoms with Gasteiger partial charge in [-0.05, 0) is 37.1 Å². The number of hydrogen-bond donors (Lipinski definition) is 0. The van der Waals surface area contributed by atoms with Crippen LogP contribution in [0.25, 0.3) is 0 Å². The van der Waals surface area contributed by atoms with Crippen LogP contribution in [0, 0.1) is 11.8 Å². The fraction of sp³-hybridized carbons (Fsp3) is 0.263. The second-order valence-electron chi connectivity index (χ2n) is 6.00. The number of carbonyl (C=O) groups excluding carboxylic acids is 1. The first kappa shape index (κ1) is 13.8. The van der Waals surface area contributed by atoms with Gasteiger partial charge in [0.15, 0.2) is 0 Å². The number of nitrogens with zero attached hydrogens (tertiary/aromatic N) is 3. The molecule has 2 heterocycles. The van der Waals surface area contributed by atoms with Crippen molar-refractivity contribution < 1.29 is 4.79 Å². The first-order valence-electron chi connectivity index (χ1n) is 7.83. The molecule has 1 aliphatic heterocycles. The van der Waals surface area contributed by atoms with E-state index in [1.54, 1.807) is 6.20 Å². The van der Waals surface area contributed by atoms with Crippen LogP contribution >= 0.6 is 0 Å². The lowest BCUT2D eigenvalue weighted by Crippen LogP contribution is -2.45. The second-order valence-corrected chi connectivity index (χ2v) is 6.00. The molecule has 0 radical (unpaired) electrons. The maximum atomic E-state index is 12.3. The number of anilines is 1. The minimum absolute atomic E-state index is 0.0492. The summed E-state index contributed by atoms with van der Waals surface area (Å²) in [5.74, 6) is 6.94. The standard InChI is InChI=1S/C19H17N3O/c1-21-16-10-11-17(16)22(19(21)23)18-12-9-15(13-20-18)8-7-14-5-3-2-4-6-14/h2-6,9,12-13,16-17H,10-11H2,1H3/t16-,17+/m0/s1. The lowest BCUT2D eigenvalue weighted by atomic mass is 9.86. The van der Waals surface area contributed by atoms with E-state index in [0.717, 1.165) is 29.8 Å². The molecule has 2 atom stereocenters. The number of hydrogen-bond acceptors (Lipinski definition) is 2. The highest BCUT2D eigenvalue weighted by Gasteiger charge is 2.50. The van der Waals surface area contributed by atoms with Gasteiger partial charge < -0.3 is 4.90 Å². The van der Waals surface area contributed by atoms with E-state index in [1.807, 2.05) is 59.3 Å². The summed E-state index contributed by atoms with van der Waals surface area (Å²) in [6, 6.07) is 14.4. The largest absolute Gasteiger partial charge is 0.326 e. The number of carbonyl (C=O) groups is 1. The van der Waals surface area contributed by atoms with Gasteiger partial charge in [0.1, 0.15) is 5.82 Å². The Labute approximate surface area is 135 Å². The number of rotatable bonds is 1. The molecule has 23 heavy (non-hydrogen) atoms. The topological polar surface area (TPSA) is 36.4 Å². The highest BCUT2D eigenvalue weighted by molar-refractivity contribution is 5.95. The molecule has 1 aliphatic carbocycles. The summed E-state index contributed by atoms with van der Waals surface area (Å²) in [6.45, 7) is 0. The molecule has 2 aromatic rings. The van der Waals surface area contributed by atoms with Crippen LogP contribution in [0.2, 0.25) is 0 Å². The maximum absolute atomic E-state index is 12.3. The molecule has 0 spiro atoms. The van der Waals surface area contributed by atoms with Crippen LogP contribution in [0.5, 0.6) is 0 Å². The Kier molecular flexibility index (Phi) is 3.27. The number of fused-ring (bicyclic) bond motifs is 1. The van der Waals surface area contributed by atoms with Crippen LogP contribution in [0.1, 0.15) is 24.0 Å². The number of amides is 2. The van der Waals surface area contributed by atoms with Crippen molar-refractivity contribution in [3.05, 3.63) is 59.8 Å².